The van der Waals surface area contributed by atoms with Crippen molar-refractivity contribution in [3.8, 4) is 0 Å². The van der Waals surface area contributed by atoms with E-state index in [1.807, 2.05) is 6.92 Å². The normalized spacial score (nSPS) is 33.1. The largest absolute Gasteiger partial charge is 0.477 e. The topological polar surface area (TPSA) is 125 Å². The number of alkyl halides is 2. The zero-order valence-electron chi connectivity index (χ0n) is 15.5. The highest BCUT2D eigenvalue weighted by Crippen LogP contribution is 2.51. The molecule has 28 heavy (non-hydrogen) atoms. The zero-order valence-corrected chi connectivity index (χ0v) is 16.3. The number of β-lactam (4-membered cyclic amide) rings is 1. The molecule has 3 aliphatic rings. The van der Waals surface area contributed by atoms with E-state index in [9.17, 15) is 28.3 Å². The van der Waals surface area contributed by atoms with Gasteiger partial charge in [0.25, 0.3) is 5.91 Å². The highest BCUT2D eigenvalue weighted by Gasteiger charge is 2.60. The van der Waals surface area contributed by atoms with Crippen molar-refractivity contribution in [3.05, 3.63) is 10.6 Å². The number of nitrogens with two attached hydrogens (primary N) is 1. The number of carbonyl (C=O) groups is 3. The van der Waals surface area contributed by atoms with Crippen LogP contribution in [0.15, 0.2) is 10.6 Å². The molecule has 8 nitrogen and oxygen atoms in total. The number of fused-ring (bicyclic) bond motifs is 1. The number of aliphatic carboxylic acids is 1. The van der Waals surface area contributed by atoms with Crippen LogP contribution in [0.3, 0.4) is 0 Å². The second-order valence-electron chi connectivity index (χ2n) is 7.45. The maximum Gasteiger partial charge on any atom is 0.353 e. The summed E-state index contributed by atoms with van der Waals surface area (Å²) in [7, 11) is 0. The summed E-state index contributed by atoms with van der Waals surface area (Å²) in [6.45, 7) is 4.51. The molecule has 11 heteroatoms. The molecule has 0 aromatic heterocycles. The summed E-state index contributed by atoms with van der Waals surface area (Å²) in [5.41, 5.74) is 5.64. The molecule has 2 amide bonds. The number of thioether (sulfide) groups is 1. The Kier molecular flexibility index (Phi) is 5.97. The molecular formula is C17H24F2N4O4S. The van der Waals surface area contributed by atoms with Gasteiger partial charge >= 0.3 is 12.4 Å². The van der Waals surface area contributed by atoms with Crippen molar-refractivity contribution in [2.45, 2.75) is 50.1 Å². The van der Waals surface area contributed by atoms with E-state index in [1.54, 1.807) is 0 Å². The predicted octanol–water partition coefficient (Wildman–Crippen LogP) is -0.0485. The van der Waals surface area contributed by atoms with Crippen molar-refractivity contribution >= 4 is 29.5 Å². The van der Waals surface area contributed by atoms with Gasteiger partial charge in [-0.05, 0) is 13.3 Å². The van der Waals surface area contributed by atoms with Crippen LogP contribution in [0.25, 0.3) is 0 Å². The fourth-order valence-corrected chi connectivity index (χ4v) is 5.82. The SMILES string of the molecule is C[C@@H](NC(=O)C(F)F)[C@H]1C(=O)N2C(C(=O)O)=C(S[C@@H]3CN[C@H](CN)C3)[C@H](C)[C@H]12. The number of rotatable bonds is 7. The number of amides is 2. The minimum atomic E-state index is -3.17. The first-order valence-electron chi connectivity index (χ1n) is 9.16. The van der Waals surface area contributed by atoms with Gasteiger partial charge in [-0.15, -0.1) is 11.8 Å². The third-order valence-corrected chi connectivity index (χ3v) is 7.17. The summed E-state index contributed by atoms with van der Waals surface area (Å²) < 4.78 is 25.0. The third-order valence-electron chi connectivity index (χ3n) is 5.66. The fourth-order valence-electron chi connectivity index (χ4n) is 4.30. The summed E-state index contributed by atoms with van der Waals surface area (Å²) in [6, 6.07) is -1.10. The van der Waals surface area contributed by atoms with Gasteiger partial charge < -0.3 is 26.4 Å². The van der Waals surface area contributed by atoms with Crippen LogP contribution in [-0.2, 0) is 14.4 Å². The Morgan fingerprint density at radius 3 is 2.68 bits per heavy atom. The minimum absolute atomic E-state index is 0.0349. The van der Waals surface area contributed by atoms with Crippen LogP contribution in [0.2, 0.25) is 0 Å². The lowest BCUT2D eigenvalue weighted by Crippen LogP contribution is -2.66. The molecule has 0 radical (unpaired) electrons. The van der Waals surface area contributed by atoms with Gasteiger partial charge in [-0.25, -0.2) is 4.79 Å². The highest BCUT2D eigenvalue weighted by atomic mass is 32.2. The van der Waals surface area contributed by atoms with Crippen LogP contribution in [0.5, 0.6) is 0 Å². The van der Waals surface area contributed by atoms with Gasteiger partial charge in [-0.1, -0.05) is 6.92 Å². The molecule has 2 fully saturated rings. The molecule has 5 N–H and O–H groups in total. The van der Waals surface area contributed by atoms with Gasteiger partial charge in [-0.3, -0.25) is 9.59 Å². The standard InChI is InChI=1S/C17H24F2N4O4S/c1-6-11-10(7(2)22-15(24)14(18)19)16(25)23(11)12(17(26)27)13(6)28-9-3-8(4-20)21-5-9/h6-11,14,21H,3-5,20H2,1-2H3,(H,22,24)(H,26,27)/t6-,7-,8+,9+,10-,11-/m1/s1. The zero-order chi connectivity index (χ0) is 20.7. The molecule has 0 spiro atoms. The summed E-state index contributed by atoms with van der Waals surface area (Å²) in [6.07, 6.45) is -2.37. The Balaban J connectivity index is 1.77. The first-order valence-corrected chi connectivity index (χ1v) is 10.0. The van der Waals surface area contributed by atoms with E-state index in [2.05, 4.69) is 10.6 Å². The van der Waals surface area contributed by atoms with Crippen molar-refractivity contribution in [2.75, 3.05) is 13.1 Å². The number of hydrogen-bond acceptors (Lipinski definition) is 6. The molecule has 0 saturated carbocycles. The average molecular weight is 418 g/mol. The van der Waals surface area contributed by atoms with Crippen molar-refractivity contribution in [3.63, 3.8) is 0 Å². The Morgan fingerprint density at radius 2 is 2.14 bits per heavy atom. The number of carbonyl (C=O) groups excluding carboxylic acids is 2. The molecule has 0 bridgehead atoms. The Morgan fingerprint density at radius 1 is 1.46 bits per heavy atom. The Labute approximate surface area is 165 Å². The van der Waals surface area contributed by atoms with Crippen LogP contribution in [0, 0.1) is 11.8 Å². The second kappa shape index (κ2) is 7.96. The van der Waals surface area contributed by atoms with Crippen LogP contribution >= 0.6 is 11.8 Å². The molecule has 156 valence electrons. The van der Waals surface area contributed by atoms with Gasteiger partial charge in [0.1, 0.15) is 5.70 Å². The van der Waals surface area contributed by atoms with E-state index in [0.29, 0.717) is 18.0 Å². The number of nitrogens with one attached hydrogen (secondary N) is 2. The van der Waals surface area contributed by atoms with Crippen LogP contribution < -0.4 is 16.4 Å². The highest BCUT2D eigenvalue weighted by molar-refractivity contribution is 8.03. The monoisotopic (exact) mass is 418 g/mol. The molecule has 0 aromatic rings. The van der Waals surface area contributed by atoms with E-state index in [1.165, 1.54) is 23.6 Å². The Bertz CT molecular complexity index is 719. The molecule has 3 aliphatic heterocycles. The molecular weight excluding hydrogens is 394 g/mol. The first-order chi connectivity index (χ1) is 13.2. The van der Waals surface area contributed by atoms with Crippen LogP contribution in [-0.4, -0.2) is 70.7 Å². The van der Waals surface area contributed by atoms with E-state index in [4.69, 9.17) is 5.73 Å². The van der Waals surface area contributed by atoms with Gasteiger partial charge in [-0.2, -0.15) is 8.78 Å². The van der Waals surface area contributed by atoms with E-state index in [-0.39, 0.29) is 22.9 Å². The Hall–Kier alpha value is -1.72. The van der Waals surface area contributed by atoms with E-state index < -0.39 is 42.2 Å². The number of carboxylic acids is 1. The predicted molar refractivity (Wildman–Crippen MR) is 98.4 cm³/mol. The number of carboxylic acid groups (broad SMARTS) is 1. The lowest BCUT2D eigenvalue weighted by molar-refractivity contribution is -0.159. The molecule has 0 aromatic carbocycles. The molecule has 3 heterocycles. The second-order valence-corrected chi connectivity index (χ2v) is 8.79. The van der Waals surface area contributed by atoms with Crippen molar-refractivity contribution < 1.29 is 28.3 Å². The summed E-state index contributed by atoms with van der Waals surface area (Å²) in [4.78, 5) is 37.6. The lowest BCUT2D eigenvalue weighted by Gasteiger charge is -2.47. The van der Waals surface area contributed by atoms with Gasteiger partial charge in [0.2, 0.25) is 5.91 Å². The third kappa shape index (κ3) is 3.50. The summed E-state index contributed by atoms with van der Waals surface area (Å²) >= 11 is 1.44. The molecule has 0 unspecified atom stereocenters. The molecule has 2 saturated heterocycles. The quantitative estimate of drug-likeness (QED) is 0.427. The summed E-state index contributed by atoms with van der Waals surface area (Å²) in [5, 5.41) is 15.3. The van der Waals surface area contributed by atoms with E-state index in [0.717, 1.165) is 6.42 Å². The number of nitrogens with zero attached hydrogens (tertiary/aromatic N) is 1. The first kappa shape index (κ1) is 21.0. The smallest absolute Gasteiger partial charge is 0.353 e. The van der Waals surface area contributed by atoms with Crippen molar-refractivity contribution in [1.82, 2.24) is 15.5 Å². The molecule has 6 atom stereocenters. The molecule has 0 aliphatic carbocycles. The van der Waals surface area contributed by atoms with Gasteiger partial charge in [0, 0.05) is 41.2 Å². The van der Waals surface area contributed by atoms with Crippen molar-refractivity contribution in [2.24, 2.45) is 17.6 Å². The minimum Gasteiger partial charge on any atom is -0.477 e. The van der Waals surface area contributed by atoms with Gasteiger partial charge in [0.05, 0.1) is 12.0 Å². The van der Waals surface area contributed by atoms with Crippen LogP contribution in [0.4, 0.5) is 8.78 Å². The van der Waals surface area contributed by atoms with Crippen molar-refractivity contribution in [1.29, 1.82) is 0 Å². The van der Waals surface area contributed by atoms with Crippen LogP contribution in [0.1, 0.15) is 20.3 Å². The van der Waals surface area contributed by atoms with E-state index >= 15 is 0 Å². The summed E-state index contributed by atoms with van der Waals surface area (Å²) in [5.74, 6) is -4.08. The fraction of sp³-hybridized carbons (Fsp3) is 0.706. The molecule has 3 rings (SSSR count). The maximum absolute atomic E-state index is 12.6. The van der Waals surface area contributed by atoms with Gasteiger partial charge in [0.15, 0.2) is 0 Å². The lowest BCUT2D eigenvalue weighted by atomic mass is 9.78. The number of halogens is 2. The number of hydrogen-bond donors (Lipinski definition) is 4. The average Bonchev–Trinajstić information content (AvgIpc) is 3.17. The maximum atomic E-state index is 12.6.